The Labute approximate surface area is 154 Å². The zero-order valence-corrected chi connectivity index (χ0v) is 14.9. The third-order valence-corrected chi connectivity index (χ3v) is 4.89. The average molecular weight is 371 g/mol. The van der Waals surface area contributed by atoms with Gasteiger partial charge in [0, 0.05) is 11.5 Å². The van der Waals surface area contributed by atoms with Crippen LogP contribution in [0.25, 0.3) is 0 Å². The van der Waals surface area contributed by atoms with Crippen LogP contribution in [-0.4, -0.2) is 16.9 Å². The van der Waals surface area contributed by atoms with E-state index in [1.54, 1.807) is 24.3 Å². The van der Waals surface area contributed by atoms with Crippen LogP contribution in [0.3, 0.4) is 0 Å². The van der Waals surface area contributed by atoms with Crippen LogP contribution in [0.15, 0.2) is 41.7 Å². The van der Waals surface area contributed by atoms with E-state index in [1.807, 2.05) is 13.8 Å². The monoisotopic (exact) mass is 370 g/mol. The van der Waals surface area contributed by atoms with E-state index in [0.29, 0.717) is 28.4 Å². The van der Waals surface area contributed by atoms with Crippen molar-refractivity contribution in [2.45, 2.75) is 26.2 Å². The molecule has 0 amide bonds. The number of benzene rings is 2. The van der Waals surface area contributed by atoms with Gasteiger partial charge in [0.25, 0.3) is 0 Å². The summed E-state index contributed by atoms with van der Waals surface area (Å²) in [5, 5.41) is 9.87. The van der Waals surface area contributed by atoms with Gasteiger partial charge in [0.05, 0.1) is 17.0 Å². The van der Waals surface area contributed by atoms with Crippen molar-refractivity contribution in [1.82, 2.24) is 0 Å². The molecule has 1 atom stereocenters. The third kappa shape index (κ3) is 2.47. The normalized spacial score (nSPS) is 18.1. The van der Waals surface area contributed by atoms with Crippen molar-refractivity contribution >= 4 is 23.4 Å². The molecule has 0 fully saturated rings. The van der Waals surface area contributed by atoms with Gasteiger partial charge in [-0.25, -0.2) is 0 Å². The highest BCUT2D eigenvalue weighted by molar-refractivity contribution is 6.32. The first-order valence-electron chi connectivity index (χ1n) is 8.13. The van der Waals surface area contributed by atoms with Crippen molar-refractivity contribution in [2.75, 3.05) is 0 Å². The maximum atomic E-state index is 12.6. The fourth-order valence-electron chi connectivity index (χ4n) is 3.35. The molecule has 0 saturated heterocycles. The van der Waals surface area contributed by atoms with E-state index >= 15 is 0 Å². The second-order valence-corrected chi connectivity index (χ2v) is 6.96. The molecule has 1 N–H and O–H groups in total. The van der Waals surface area contributed by atoms with Crippen LogP contribution in [0.2, 0.25) is 5.02 Å². The van der Waals surface area contributed by atoms with Gasteiger partial charge in [0.2, 0.25) is 5.78 Å². The number of aromatic hydroxyl groups is 1. The van der Waals surface area contributed by atoms with Crippen molar-refractivity contribution < 1.29 is 24.2 Å². The molecular weight excluding hydrogens is 356 g/mol. The number of hydrogen-bond donors (Lipinski definition) is 1. The molecule has 0 spiro atoms. The first kappa shape index (κ1) is 16.7. The Bertz CT molecular complexity index is 1000. The summed E-state index contributed by atoms with van der Waals surface area (Å²) < 4.78 is 11.2. The molecule has 2 aliphatic heterocycles. The Morgan fingerprint density at radius 3 is 2.62 bits per heavy atom. The van der Waals surface area contributed by atoms with Crippen molar-refractivity contribution in [2.24, 2.45) is 0 Å². The number of carbonyl (C=O) groups excluding carboxylic acids is 2. The largest absolute Gasteiger partial charge is 0.506 e. The molecule has 2 aromatic rings. The number of esters is 1. The minimum Gasteiger partial charge on any atom is -0.506 e. The van der Waals surface area contributed by atoms with Gasteiger partial charge in [0.15, 0.2) is 5.76 Å². The lowest BCUT2D eigenvalue weighted by molar-refractivity contribution is -0.135. The first-order valence-corrected chi connectivity index (χ1v) is 8.50. The number of ketones is 1. The summed E-state index contributed by atoms with van der Waals surface area (Å²) in [4.78, 5) is 24.7. The molecule has 132 valence electrons. The SMILES string of the molecule is CC(C)=C1Oc2c(ccc3c2[C@@H](c2ccc(O)c(Cl)c2)CC(=O)O3)C1=O. The number of fused-ring (bicyclic) bond motifs is 3. The van der Waals surface area contributed by atoms with Gasteiger partial charge in [-0.2, -0.15) is 0 Å². The van der Waals surface area contributed by atoms with E-state index in [4.69, 9.17) is 21.1 Å². The van der Waals surface area contributed by atoms with Crippen LogP contribution in [0.5, 0.6) is 17.2 Å². The summed E-state index contributed by atoms with van der Waals surface area (Å²) in [5.74, 6) is 0.116. The lowest BCUT2D eigenvalue weighted by Crippen LogP contribution is -2.21. The second kappa shape index (κ2) is 5.88. The minimum absolute atomic E-state index is 0.0365. The number of allylic oxidation sites excluding steroid dienone is 2. The van der Waals surface area contributed by atoms with E-state index in [2.05, 4.69) is 0 Å². The topological polar surface area (TPSA) is 72.8 Å². The number of hydrogen-bond acceptors (Lipinski definition) is 5. The summed E-state index contributed by atoms with van der Waals surface area (Å²) in [6, 6.07) is 8.03. The molecule has 2 heterocycles. The molecule has 0 radical (unpaired) electrons. The van der Waals surface area contributed by atoms with E-state index in [0.717, 1.165) is 11.1 Å². The fraction of sp³-hybridized carbons (Fsp3) is 0.200. The number of rotatable bonds is 1. The molecule has 0 unspecified atom stereocenters. The number of phenols is 1. The van der Waals surface area contributed by atoms with Gasteiger partial charge in [-0.15, -0.1) is 0 Å². The maximum Gasteiger partial charge on any atom is 0.312 e. The molecule has 6 heteroatoms. The lowest BCUT2D eigenvalue weighted by Gasteiger charge is -2.26. The Morgan fingerprint density at radius 2 is 1.92 bits per heavy atom. The molecule has 0 aromatic heterocycles. The number of Topliss-reactive ketones (excluding diaryl/α,β-unsaturated/α-hetero) is 1. The summed E-state index contributed by atoms with van der Waals surface area (Å²) in [5.41, 5.74) is 2.61. The van der Waals surface area contributed by atoms with Gasteiger partial charge in [-0.1, -0.05) is 17.7 Å². The van der Waals surface area contributed by atoms with Crippen molar-refractivity contribution in [3.8, 4) is 17.2 Å². The Kier molecular flexibility index (Phi) is 3.77. The molecule has 4 rings (SSSR count). The van der Waals surface area contributed by atoms with Crippen molar-refractivity contribution in [1.29, 1.82) is 0 Å². The van der Waals surface area contributed by atoms with Crippen LogP contribution < -0.4 is 9.47 Å². The fourth-order valence-corrected chi connectivity index (χ4v) is 3.54. The smallest absolute Gasteiger partial charge is 0.312 e. The van der Waals surface area contributed by atoms with Crippen LogP contribution in [0, 0.1) is 0 Å². The van der Waals surface area contributed by atoms with Crippen molar-refractivity contribution in [3.63, 3.8) is 0 Å². The zero-order valence-electron chi connectivity index (χ0n) is 14.1. The Balaban J connectivity index is 1.92. The molecule has 2 aliphatic rings. The second-order valence-electron chi connectivity index (χ2n) is 6.56. The minimum atomic E-state index is -0.386. The molecule has 0 aliphatic carbocycles. The van der Waals surface area contributed by atoms with Crippen LogP contribution in [0.4, 0.5) is 0 Å². The number of phenolic OH excluding ortho intramolecular Hbond substituents is 1. The van der Waals surface area contributed by atoms with E-state index in [1.165, 1.54) is 6.07 Å². The Morgan fingerprint density at radius 1 is 1.15 bits per heavy atom. The van der Waals surface area contributed by atoms with Gasteiger partial charge in [0.1, 0.15) is 17.2 Å². The summed E-state index contributed by atoms with van der Waals surface area (Å²) in [6.07, 6.45) is 0.0895. The van der Waals surface area contributed by atoms with Crippen LogP contribution in [0.1, 0.15) is 47.7 Å². The predicted molar refractivity (Wildman–Crippen MR) is 95.0 cm³/mol. The van der Waals surface area contributed by atoms with Crippen LogP contribution in [-0.2, 0) is 4.79 Å². The quantitative estimate of drug-likeness (QED) is 0.459. The van der Waals surface area contributed by atoms with Gasteiger partial charge >= 0.3 is 5.97 Å². The van der Waals surface area contributed by atoms with Crippen molar-refractivity contribution in [3.05, 3.63) is 63.4 Å². The number of carbonyl (C=O) groups is 2. The van der Waals surface area contributed by atoms with E-state index < -0.39 is 0 Å². The molecule has 0 bridgehead atoms. The highest BCUT2D eigenvalue weighted by atomic mass is 35.5. The molecule has 2 aromatic carbocycles. The highest BCUT2D eigenvalue weighted by Gasteiger charge is 2.38. The molecule has 0 saturated carbocycles. The summed E-state index contributed by atoms with van der Waals surface area (Å²) in [7, 11) is 0. The first-order chi connectivity index (χ1) is 12.4. The highest BCUT2D eigenvalue weighted by Crippen LogP contribution is 2.49. The van der Waals surface area contributed by atoms with Gasteiger partial charge in [-0.05, 0) is 49.2 Å². The predicted octanol–water partition coefficient (Wildman–Crippen LogP) is 4.36. The molecule has 26 heavy (non-hydrogen) atoms. The molecule has 5 nitrogen and oxygen atoms in total. The standard InChI is InChI=1S/C20H15ClO5/c1-9(2)19-18(24)11-4-6-15-17(20(11)26-19)12(8-16(23)25-15)10-3-5-14(22)13(21)7-10/h3-7,12,22H,8H2,1-2H3/t12-/m1/s1. The van der Waals surface area contributed by atoms with Crippen LogP contribution >= 0.6 is 11.6 Å². The zero-order chi connectivity index (χ0) is 18.6. The molecular formula is C20H15ClO5. The average Bonchev–Trinajstić information content (AvgIpc) is 2.93. The third-order valence-electron chi connectivity index (χ3n) is 4.58. The van der Waals surface area contributed by atoms with E-state index in [-0.39, 0.29) is 34.9 Å². The number of halogens is 1. The van der Waals surface area contributed by atoms with E-state index in [9.17, 15) is 14.7 Å². The number of ether oxygens (including phenoxy) is 2. The van der Waals surface area contributed by atoms with Gasteiger partial charge in [-0.3, -0.25) is 9.59 Å². The summed E-state index contributed by atoms with van der Waals surface area (Å²) in [6.45, 7) is 3.62. The lowest BCUT2D eigenvalue weighted by atomic mass is 9.84. The van der Waals surface area contributed by atoms with Gasteiger partial charge < -0.3 is 14.6 Å². The summed E-state index contributed by atoms with van der Waals surface area (Å²) >= 11 is 6.04. The Hall–Kier alpha value is -2.79. The maximum absolute atomic E-state index is 12.6.